The van der Waals surface area contributed by atoms with Crippen LogP contribution in [0.25, 0.3) is 0 Å². The number of anilines is 1. The van der Waals surface area contributed by atoms with Gasteiger partial charge in [-0.1, -0.05) is 19.1 Å². The Morgan fingerprint density at radius 2 is 2.00 bits per heavy atom. The number of benzene rings is 1. The second-order valence-corrected chi connectivity index (χ2v) is 5.38. The zero-order valence-electron chi connectivity index (χ0n) is 12.6. The summed E-state index contributed by atoms with van der Waals surface area (Å²) in [7, 11) is 1.69. The van der Waals surface area contributed by atoms with E-state index in [9.17, 15) is 0 Å². The third-order valence-electron chi connectivity index (χ3n) is 4.11. The topological polar surface area (TPSA) is 47.0 Å². The molecule has 0 saturated carbocycles. The first-order valence-electron chi connectivity index (χ1n) is 7.55. The minimum atomic E-state index is 0.260. The highest BCUT2D eigenvalue weighted by molar-refractivity contribution is 5.49. The van der Waals surface area contributed by atoms with Gasteiger partial charge >= 0.3 is 0 Å². The van der Waals surface area contributed by atoms with Crippen molar-refractivity contribution < 1.29 is 4.74 Å². The predicted octanol–water partition coefficient (Wildman–Crippen LogP) is 3.54. The quantitative estimate of drug-likeness (QED) is 0.911. The molecule has 1 heterocycles. The van der Waals surface area contributed by atoms with E-state index in [1.807, 2.05) is 12.1 Å². The largest absolute Gasteiger partial charge is 0.497 e. The second-order valence-electron chi connectivity index (χ2n) is 5.38. The van der Waals surface area contributed by atoms with Gasteiger partial charge in [-0.25, -0.2) is 9.97 Å². The summed E-state index contributed by atoms with van der Waals surface area (Å²) in [5, 5.41) is 3.59. The van der Waals surface area contributed by atoms with Gasteiger partial charge in [-0.2, -0.15) is 0 Å². The van der Waals surface area contributed by atoms with Crippen molar-refractivity contribution >= 4 is 5.82 Å². The van der Waals surface area contributed by atoms with Crippen molar-refractivity contribution in [3.63, 3.8) is 0 Å². The van der Waals surface area contributed by atoms with Gasteiger partial charge in [0.2, 0.25) is 0 Å². The summed E-state index contributed by atoms with van der Waals surface area (Å²) in [5.41, 5.74) is 3.75. The lowest BCUT2D eigenvalue weighted by atomic mass is 10.0. The third kappa shape index (κ3) is 2.84. The van der Waals surface area contributed by atoms with Crippen molar-refractivity contribution in [2.45, 2.75) is 38.6 Å². The molecule has 4 heteroatoms. The van der Waals surface area contributed by atoms with E-state index >= 15 is 0 Å². The van der Waals surface area contributed by atoms with E-state index in [1.165, 1.54) is 23.2 Å². The number of hydrogen-bond donors (Lipinski definition) is 1. The SMILES string of the molecule is CCC(Nc1ncnc2c1CCC2)c1ccc(OC)cc1. The lowest BCUT2D eigenvalue weighted by molar-refractivity contribution is 0.414. The highest BCUT2D eigenvalue weighted by atomic mass is 16.5. The van der Waals surface area contributed by atoms with Crippen molar-refractivity contribution in [3.8, 4) is 5.75 Å². The molecule has 0 saturated heterocycles. The summed E-state index contributed by atoms with van der Waals surface area (Å²) in [4.78, 5) is 8.83. The van der Waals surface area contributed by atoms with Gasteiger partial charge in [-0.15, -0.1) is 0 Å². The summed E-state index contributed by atoms with van der Waals surface area (Å²) < 4.78 is 5.22. The van der Waals surface area contributed by atoms with Crippen LogP contribution in [0.3, 0.4) is 0 Å². The first-order valence-corrected chi connectivity index (χ1v) is 7.55. The minimum Gasteiger partial charge on any atom is -0.497 e. The number of aryl methyl sites for hydroxylation is 1. The second kappa shape index (κ2) is 6.12. The van der Waals surface area contributed by atoms with Crippen LogP contribution in [0.2, 0.25) is 0 Å². The number of ether oxygens (including phenoxy) is 1. The summed E-state index contributed by atoms with van der Waals surface area (Å²) in [6, 6.07) is 8.49. The van der Waals surface area contributed by atoms with Crippen molar-refractivity contribution in [2.24, 2.45) is 0 Å². The highest BCUT2D eigenvalue weighted by Crippen LogP contribution is 2.29. The van der Waals surface area contributed by atoms with E-state index in [1.54, 1.807) is 13.4 Å². The molecule has 1 aromatic carbocycles. The molecular formula is C17H21N3O. The van der Waals surface area contributed by atoms with Crippen LogP contribution in [0.5, 0.6) is 5.75 Å². The molecule has 0 radical (unpaired) electrons. The van der Waals surface area contributed by atoms with Crippen LogP contribution >= 0.6 is 0 Å². The maximum absolute atomic E-state index is 5.22. The number of nitrogens with one attached hydrogen (secondary N) is 1. The van der Waals surface area contributed by atoms with Gasteiger partial charge < -0.3 is 10.1 Å². The van der Waals surface area contributed by atoms with Crippen LogP contribution in [-0.2, 0) is 12.8 Å². The molecule has 1 atom stereocenters. The lowest BCUT2D eigenvalue weighted by Gasteiger charge is -2.20. The fourth-order valence-electron chi connectivity index (χ4n) is 2.91. The maximum atomic E-state index is 5.22. The van der Waals surface area contributed by atoms with Crippen molar-refractivity contribution in [1.82, 2.24) is 9.97 Å². The molecule has 1 N–H and O–H groups in total. The Bertz CT molecular complexity index is 610. The van der Waals surface area contributed by atoms with Crippen LogP contribution in [0.15, 0.2) is 30.6 Å². The molecule has 0 aliphatic heterocycles. The van der Waals surface area contributed by atoms with E-state index in [0.29, 0.717) is 0 Å². The first-order chi connectivity index (χ1) is 10.3. The number of hydrogen-bond acceptors (Lipinski definition) is 4. The van der Waals surface area contributed by atoms with E-state index < -0.39 is 0 Å². The Hall–Kier alpha value is -2.10. The molecule has 1 unspecified atom stereocenters. The molecule has 4 nitrogen and oxygen atoms in total. The molecule has 21 heavy (non-hydrogen) atoms. The Labute approximate surface area is 125 Å². The fraction of sp³-hybridized carbons (Fsp3) is 0.412. The Morgan fingerprint density at radius 1 is 1.19 bits per heavy atom. The van der Waals surface area contributed by atoms with E-state index in [-0.39, 0.29) is 6.04 Å². The van der Waals surface area contributed by atoms with Crippen LogP contribution in [0, 0.1) is 0 Å². The van der Waals surface area contributed by atoms with Crippen LogP contribution in [0.1, 0.15) is 42.6 Å². The molecule has 1 aliphatic carbocycles. The van der Waals surface area contributed by atoms with Crippen LogP contribution in [-0.4, -0.2) is 17.1 Å². The molecule has 2 aromatic rings. The zero-order chi connectivity index (χ0) is 14.7. The van der Waals surface area contributed by atoms with Gasteiger partial charge in [-0.05, 0) is 43.4 Å². The normalized spacial score (nSPS) is 14.6. The average Bonchev–Trinajstić information content (AvgIpc) is 3.02. The van der Waals surface area contributed by atoms with Gasteiger partial charge in [0, 0.05) is 11.3 Å². The Kier molecular flexibility index (Phi) is 4.04. The smallest absolute Gasteiger partial charge is 0.133 e. The van der Waals surface area contributed by atoms with E-state index in [4.69, 9.17) is 4.74 Å². The molecule has 110 valence electrons. The molecule has 0 fully saturated rings. The van der Waals surface area contributed by atoms with Crippen molar-refractivity contribution in [2.75, 3.05) is 12.4 Å². The van der Waals surface area contributed by atoms with Crippen LogP contribution < -0.4 is 10.1 Å². The maximum Gasteiger partial charge on any atom is 0.133 e. The molecule has 0 amide bonds. The minimum absolute atomic E-state index is 0.260. The van der Waals surface area contributed by atoms with Gasteiger partial charge in [0.05, 0.1) is 13.2 Å². The van der Waals surface area contributed by atoms with Gasteiger partial charge in [0.25, 0.3) is 0 Å². The first kappa shape index (κ1) is 13.9. The standard InChI is InChI=1S/C17H21N3O/c1-3-15(12-7-9-13(21-2)10-8-12)20-17-14-5-4-6-16(14)18-11-19-17/h7-11,15H,3-6H2,1-2H3,(H,18,19,20). The van der Waals surface area contributed by atoms with Crippen LogP contribution in [0.4, 0.5) is 5.82 Å². The molecular weight excluding hydrogens is 262 g/mol. The lowest BCUT2D eigenvalue weighted by Crippen LogP contribution is -2.13. The monoisotopic (exact) mass is 283 g/mol. The summed E-state index contributed by atoms with van der Waals surface area (Å²) >= 11 is 0. The van der Waals surface area contributed by atoms with Crippen molar-refractivity contribution in [1.29, 1.82) is 0 Å². The van der Waals surface area contributed by atoms with E-state index in [0.717, 1.165) is 30.8 Å². The number of methoxy groups -OCH3 is 1. The number of rotatable bonds is 5. The molecule has 3 rings (SSSR count). The fourth-order valence-corrected chi connectivity index (χ4v) is 2.91. The summed E-state index contributed by atoms with van der Waals surface area (Å²) in [6.45, 7) is 2.18. The number of aromatic nitrogens is 2. The zero-order valence-corrected chi connectivity index (χ0v) is 12.6. The molecule has 1 aliphatic rings. The molecule has 0 spiro atoms. The highest BCUT2D eigenvalue weighted by Gasteiger charge is 2.19. The average molecular weight is 283 g/mol. The predicted molar refractivity (Wildman–Crippen MR) is 83.7 cm³/mol. The summed E-state index contributed by atoms with van der Waals surface area (Å²) in [5.74, 6) is 1.89. The molecule has 0 bridgehead atoms. The summed E-state index contributed by atoms with van der Waals surface area (Å²) in [6.07, 6.45) is 6.02. The van der Waals surface area contributed by atoms with Gasteiger partial charge in [-0.3, -0.25) is 0 Å². The van der Waals surface area contributed by atoms with Gasteiger partial charge in [0.1, 0.15) is 17.9 Å². The number of nitrogens with zero attached hydrogens (tertiary/aromatic N) is 2. The third-order valence-corrected chi connectivity index (χ3v) is 4.11. The Balaban J connectivity index is 1.82. The van der Waals surface area contributed by atoms with E-state index in [2.05, 4.69) is 34.3 Å². The Morgan fingerprint density at radius 3 is 2.71 bits per heavy atom. The molecule has 1 aromatic heterocycles. The number of fused-ring (bicyclic) bond motifs is 1. The van der Waals surface area contributed by atoms with Crippen molar-refractivity contribution in [3.05, 3.63) is 47.4 Å². The van der Waals surface area contributed by atoms with Gasteiger partial charge in [0.15, 0.2) is 0 Å².